The molecule has 6 heteroatoms. The highest BCUT2D eigenvalue weighted by Crippen LogP contribution is 2.32. The van der Waals surface area contributed by atoms with Crippen LogP contribution in [0, 0.1) is 0 Å². The lowest BCUT2D eigenvalue weighted by Gasteiger charge is -2.06. The van der Waals surface area contributed by atoms with Crippen LogP contribution in [-0.2, 0) is 4.74 Å². The number of alkyl halides is 1. The van der Waals surface area contributed by atoms with E-state index in [0.29, 0.717) is 17.8 Å². The third-order valence-electron chi connectivity index (χ3n) is 2.21. The van der Waals surface area contributed by atoms with Crippen LogP contribution in [0.25, 0.3) is 0 Å². The van der Waals surface area contributed by atoms with Gasteiger partial charge in [0, 0.05) is 12.9 Å². The second-order valence-corrected chi connectivity index (χ2v) is 3.48. The third-order valence-corrected chi connectivity index (χ3v) is 2.55. The zero-order chi connectivity index (χ0) is 9.97. The van der Waals surface area contributed by atoms with Gasteiger partial charge in [0.25, 0.3) is 0 Å². The van der Waals surface area contributed by atoms with Gasteiger partial charge in [0.2, 0.25) is 5.89 Å². The molecule has 1 saturated heterocycles. The molecule has 0 aliphatic carbocycles. The SMILES string of the molecule is CNc1nnc([C@H]2CC[C@H](CCl)O2)o1. The van der Waals surface area contributed by atoms with Crippen LogP contribution in [0.3, 0.4) is 0 Å². The molecule has 1 aromatic rings. The van der Waals surface area contributed by atoms with E-state index in [1.54, 1.807) is 7.05 Å². The van der Waals surface area contributed by atoms with Crippen molar-refractivity contribution in [2.75, 3.05) is 18.2 Å². The first kappa shape index (κ1) is 9.73. The van der Waals surface area contributed by atoms with Crippen molar-refractivity contribution in [2.24, 2.45) is 0 Å². The summed E-state index contributed by atoms with van der Waals surface area (Å²) in [5.74, 6) is 1.05. The van der Waals surface area contributed by atoms with Crippen molar-refractivity contribution >= 4 is 17.6 Å². The average molecular weight is 218 g/mol. The summed E-state index contributed by atoms with van der Waals surface area (Å²) in [6.07, 6.45) is 1.87. The fraction of sp³-hybridized carbons (Fsp3) is 0.750. The Morgan fingerprint density at radius 1 is 1.50 bits per heavy atom. The first-order chi connectivity index (χ1) is 6.83. The molecular weight excluding hydrogens is 206 g/mol. The number of aromatic nitrogens is 2. The molecule has 0 amide bonds. The fourth-order valence-electron chi connectivity index (χ4n) is 1.47. The Morgan fingerprint density at radius 2 is 2.36 bits per heavy atom. The molecule has 2 atom stereocenters. The number of halogens is 1. The number of anilines is 1. The highest BCUT2D eigenvalue weighted by Gasteiger charge is 2.29. The number of nitrogens with one attached hydrogen (secondary N) is 1. The number of hydrogen-bond acceptors (Lipinski definition) is 5. The minimum atomic E-state index is -0.0895. The zero-order valence-corrected chi connectivity index (χ0v) is 8.62. The van der Waals surface area contributed by atoms with Crippen LogP contribution >= 0.6 is 11.6 Å². The predicted octanol–water partition coefficient (Wildman–Crippen LogP) is 1.57. The normalized spacial score (nSPS) is 26.7. The van der Waals surface area contributed by atoms with E-state index < -0.39 is 0 Å². The first-order valence-corrected chi connectivity index (χ1v) is 5.09. The second kappa shape index (κ2) is 4.14. The maximum Gasteiger partial charge on any atom is 0.315 e. The number of rotatable bonds is 3. The molecule has 5 nitrogen and oxygen atoms in total. The summed E-state index contributed by atoms with van der Waals surface area (Å²) in [5, 5.41) is 10.5. The van der Waals surface area contributed by atoms with Crippen molar-refractivity contribution in [3.8, 4) is 0 Å². The van der Waals surface area contributed by atoms with Gasteiger partial charge in [-0.25, -0.2) is 0 Å². The molecular formula is C8H12ClN3O2. The van der Waals surface area contributed by atoms with Gasteiger partial charge >= 0.3 is 6.01 Å². The van der Waals surface area contributed by atoms with E-state index in [0.717, 1.165) is 12.8 Å². The molecule has 2 heterocycles. The molecule has 0 radical (unpaired) electrons. The first-order valence-electron chi connectivity index (χ1n) is 4.56. The molecule has 78 valence electrons. The fourth-order valence-corrected chi connectivity index (χ4v) is 1.69. The Balaban J connectivity index is 2.02. The minimum Gasteiger partial charge on any atom is -0.405 e. The van der Waals surface area contributed by atoms with Gasteiger partial charge in [-0.3, -0.25) is 0 Å². The largest absolute Gasteiger partial charge is 0.405 e. The highest BCUT2D eigenvalue weighted by atomic mass is 35.5. The molecule has 0 spiro atoms. The van der Waals surface area contributed by atoms with E-state index in [1.807, 2.05) is 0 Å². The van der Waals surface area contributed by atoms with Gasteiger partial charge in [0.05, 0.1) is 6.10 Å². The van der Waals surface area contributed by atoms with Gasteiger partial charge in [-0.1, -0.05) is 5.10 Å². The Labute approximate surface area is 86.8 Å². The maximum absolute atomic E-state index is 5.69. The summed E-state index contributed by atoms with van der Waals surface area (Å²) in [6.45, 7) is 0. The predicted molar refractivity (Wildman–Crippen MR) is 51.4 cm³/mol. The summed E-state index contributed by atoms with van der Waals surface area (Å²) >= 11 is 5.69. The van der Waals surface area contributed by atoms with Crippen molar-refractivity contribution in [3.63, 3.8) is 0 Å². The average Bonchev–Trinajstić information content (AvgIpc) is 2.86. The van der Waals surface area contributed by atoms with Crippen molar-refractivity contribution in [1.82, 2.24) is 10.2 Å². The van der Waals surface area contributed by atoms with Crippen molar-refractivity contribution in [2.45, 2.75) is 25.0 Å². The zero-order valence-electron chi connectivity index (χ0n) is 7.86. The summed E-state index contributed by atoms with van der Waals surface area (Å²) in [4.78, 5) is 0. The highest BCUT2D eigenvalue weighted by molar-refractivity contribution is 6.18. The van der Waals surface area contributed by atoms with Gasteiger partial charge in [-0.15, -0.1) is 16.7 Å². The van der Waals surface area contributed by atoms with Crippen LogP contribution in [0.2, 0.25) is 0 Å². The van der Waals surface area contributed by atoms with Crippen molar-refractivity contribution in [1.29, 1.82) is 0 Å². The van der Waals surface area contributed by atoms with Crippen LogP contribution in [0.4, 0.5) is 6.01 Å². The lowest BCUT2D eigenvalue weighted by molar-refractivity contribution is 0.0412. The molecule has 1 aromatic heterocycles. The quantitative estimate of drug-likeness (QED) is 0.779. The molecule has 1 N–H and O–H groups in total. The van der Waals surface area contributed by atoms with Gasteiger partial charge in [0.1, 0.15) is 6.10 Å². The topological polar surface area (TPSA) is 60.2 Å². The molecule has 0 unspecified atom stereocenters. The molecule has 14 heavy (non-hydrogen) atoms. The molecule has 0 saturated carbocycles. The number of nitrogens with zero attached hydrogens (tertiary/aromatic N) is 2. The van der Waals surface area contributed by atoms with Crippen LogP contribution in [0.15, 0.2) is 4.42 Å². The standard InChI is InChI=1S/C8H12ClN3O2/c1-10-8-12-11-7(14-8)6-3-2-5(4-9)13-6/h5-6H,2-4H2,1H3,(H,10,12)/t5-,6-/m1/s1. The molecule has 0 aromatic carbocycles. The minimum absolute atomic E-state index is 0.0895. The Kier molecular flexibility index (Phi) is 2.88. The summed E-state index contributed by atoms with van der Waals surface area (Å²) < 4.78 is 10.9. The monoisotopic (exact) mass is 217 g/mol. The van der Waals surface area contributed by atoms with E-state index in [-0.39, 0.29) is 12.2 Å². The molecule has 1 fully saturated rings. The van der Waals surface area contributed by atoms with Gasteiger partial charge < -0.3 is 14.5 Å². The Hall–Kier alpha value is -0.810. The summed E-state index contributed by atoms with van der Waals surface area (Å²) in [7, 11) is 1.73. The van der Waals surface area contributed by atoms with E-state index >= 15 is 0 Å². The third kappa shape index (κ3) is 1.83. The van der Waals surface area contributed by atoms with Crippen LogP contribution in [-0.4, -0.2) is 29.2 Å². The number of hydrogen-bond donors (Lipinski definition) is 1. The van der Waals surface area contributed by atoms with E-state index in [4.69, 9.17) is 20.8 Å². The van der Waals surface area contributed by atoms with Gasteiger partial charge in [-0.05, 0) is 12.8 Å². The summed E-state index contributed by atoms with van der Waals surface area (Å²) in [6, 6.07) is 0.415. The lowest BCUT2D eigenvalue weighted by Crippen LogP contribution is -2.07. The van der Waals surface area contributed by atoms with Crippen LogP contribution < -0.4 is 5.32 Å². The lowest BCUT2D eigenvalue weighted by atomic mass is 10.2. The molecule has 0 bridgehead atoms. The van der Waals surface area contributed by atoms with Crippen LogP contribution in [0.5, 0.6) is 0 Å². The molecule has 2 rings (SSSR count). The van der Waals surface area contributed by atoms with Gasteiger partial charge in [-0.2, -0.15) is 0 Å². The van der Waals surface area contributed by atoms with E-state index in [2.05, 4.69) is 15.5 Å². The van der Waals surface area contributed by atoms with E-state index in [9.17, 15) is 0 Å². The maximum atomic E-state index is 5.69. The van der Waals surface area contributed by atoms with Crippen molar-refractivity contribution < 1.29 is 9.15 Å². The van der Waals surface area contributed by atoms with Gasteiger partial charge in [0.15, 0.2) is 0 Å². The van der Waals surface area contributed by atoms with Crippen molar-refractivity contribution in [3.05, 3.63) is 5.89 Å². The number of ether oxygens (including phenoxy) is 1. The second-order valence-electron chi connectivity index (χ2n) is 3.17. The van der Waals surface area contributed by atoms with Crippen LogP contribution in [0.1, 0.15) is 24.8 Å². The molecule has 1 aliphatic heterocycles. The Morgan fingerprint density at radius 3 is 2.93 bits per heavy atom. The van der Waals surface area contributed by atoms with E-state index in [1.165, 1.54) is 0 Å². The summed E-state index contributed by atoms with van der Waals surface area (Å²) in [5.41, 5.74) is 0. The molecule has 1 aliphatic rings. The smallest absolute Gasteiger partial charge is 0.315 e. The Bertz CT molecular complexity index is 305.